The first-order chi connectivity index (χ1) is 9.08. The van der Waals surface area contributed by atoms with E-state index in [9.17, 15) is 4.79 Å². The van der Waals surface area contributed by atoms with E-state index in [1.54, 1.807) is 0 Å². The van der Waals surface area contributed by atoms with Gasteiger partial charge in [0.1, 0.15) is 0 Å². The molecule has 0 aromatic rings. The molecule has 5 heteroatoms. The largest absolute Gasteiger partial charge is 0.340 e. The minimum absolute atomic E-state index is 0.202. The van der Waals surface area contributed by atoms with Crippen molar-refractivity contribution in [2.45, 2.75) is 19.4 Å². The molecule has 0 aliphatic carbocycles. The molecule has 1 N–H and O–H groups in total. The molecule has 1 amide bonds. The summed E-state index contributed by atoms with van der Waals surface area (Å²) in [5, 5.41) is 3.37. The second-order valence-corrected chi connectivity index (χ2v) is 6.11. The van der Waals surface area contributed by atoms with Crippen molar-refractivity contribution >= 4 is 5.91 Å². The Morgan fingerprint density at radius 3 is 2.47 bits per heavy atom. The second-order valence-electron chi connectivity index (χ2n) is 6.11. The number of nitrogens with one attached hydrogen (secondary N) is 1. The van der Waals surface area contributed by atoms with Gasteiger partial charge >= 0.3 is 0 Å². The van der Waals surface area contributed by atoms with Crippen molar-refractivity contribution in [2.24, 2.45) is 5.92 Å². The summed E-state index contributed by atoms with van der Waals surface area (Å²) in [6.45, 7) is 9.16. The smallest absolute Gasteiger partial charge is 0.227 e. The number of carbonyl (C=O) groups excluding carboxylic acids is 1. The highest BCUT2D eigenvalue weighted by Crippen LogP contribution is 2.19. The van der Waals surface area contributed by atoms with Crippen LogP contribution in [0.4, 0.5) is 0 Å². The molecule has 2 atom stereocenters. The predicted molar refractivity (Wildman–Crippen MR) is 77.1 cm³/mol. The van der Waals surface area contributed by atoms with Crippen LogP contribution in [-0.4, -0.2) is 86.6 Å². The van der Waals surface area contributed by atoms with Crippen molar-refractivity contribution in [3.05, 3.63) is 0 Å². The van der Waals surface area contributed by atoms with Crippen molar-refractivity contribution in [2.75, 3.05) is 59.9 Å². The molecule has 2 saturated heterocycles. The number of nitrogens with zero attached hydrogens (tertiary/aromatic N) is 3. The molecule has 2 unspecified atom stereocenters. The monoisotopic (exact) mass is 268 g/mol. The zero-order valence-corrected chi connectivity index (χ0v) is 12.6. The molecule has 0 bridgehead atoms. The lowest BCUT2D eigenvalue weighted by Gasteiger charge is -2.36. The maximum absolute atomic E-state index is 12.4. The van der Waals surface area contributed by atoms with Crippen molar-refractivity contribution in [1.29, 1.82) is 0 Å². The normalized spacial score (nSPS) is 29.2. The quantitative estimate of drug-likeness (QED) is 0.759. The van der Waals surface area contributed by atoms with Gasteiger partial charge < -0.3 is 15.1 Å². The van der Waals surface area contributed by atoms with Gasteiger partial charge in [-0.05, 0) is 34.0 Å². The van der Waals surface area contributed by atoms with E-state index in [1.165, 1.54) is 0 Å². The molecule has 2 aliphatic heterocycles. The molecule has 2 fully saturated rings. The zero-order chi connectivity index (χ0) is 13.8. The van der Waals surface area contributed by atoms with Crippen LogP contribution in [0.2, 0.25) is 0 Å². The van der Waals surface area contributed by atoms with Crippen LogP contribution in [0.3, 0.4) is 0 Å². The van der Waals surface area contributed by atoms with Crippen LogP contribution in [0.1, 0.15) is 13.3 Å². The van der Waals surface area contributed by atoms with Crippen LogP contribution in [0.5, 0.6) is 0 Å². The van der Waals surface area contributed by atoms with Gasteiger partial charge in [0.25, 0.3) is 0 Å². The molecule has 0 aromatic heterocycles. The molecule has 0 spiro atoms. The van der Waals surface area contributed by atoms with Crippen LogP contribution in [0.25, 0.3) is 0 Å². The number of rotatable bonds is 4. The Morgan fingerprint density at radius 1 is 1.26 bits per heavy atom. The first-order valence-corrected chi connectivity index (χ1v) is 7.47. The van der Waals surface area contributed by atoms with Crippen molar-refractivity contribution in [3.8, 4) is 0 Å². The van der Waals surface area contributed by atoms with E-state index in [0.29, 0.717) is 11.9 Å². The van der Waals surface area contributed by atoms with Gasteiger partial charge in [-0.2, -0.15) is 0 Å². The lowest BCUT2D eigenvalue weighted by atomic mass is 10.00. The Balaban J connectivity index is 1.75. The van der Waals surface area contributed by atoms with Gasteiger partial charge in [-0.15, -0.1) is 0 Å². The first kappa shape index (κ1) is 14.8. The Hall–Kier alpha value is -0.650. The van der Waals surface area contributed by atoms with Crippen LogP contribution >= 0.6 is 0 Å². The van der Waals surface area contributed by atoms with Gasteiger partial charge in [-0.1, -0.05) is 0 Å². The maximum atomic E-state index is 12.4. The summed E-state index contributed by atoms with van der Waals surface area (Å²) in [5.41, 5.74) is 0. The van der Waals surface area contributed by atoms with Crippen LogP contribution in [0.15, 0.2) is 0 Å². The van der Waals surface area contributed by atoms with Crippen molar-refractivity contribution in [1.82, 2.24) is 20.0 Å². The summed E-state index contributed by atoms with van der Waals surface area (Å²) < 4.78 is 0. The number of carbonyl (C=O) groups is 1. The van der Waals surface area contributed by atoms with E-state index >= 15 is 0 Å². The summed E-state index contributed by atoms with van der Waals surface area (Å²) in [6.07, 6.45) is 1.00. The van der Waals surface area contributed by atoms with Crippen molar-refractivity contribution < 1.29 is 4.79 Å². The fourth-order valence-electron chi connectivity index (χ4n) is 2.96. The SMILES string of the molecule is CC1NCCC1C(=O)N1CCN(CCN(C)C)CC1. The fourth-order valence-corrected chi connectivity index (χ4v) is 2.96. The van der Waals surface area contributed by atoms with Gasteiger partial charge in [-0.3, -0.25) is 9.69 Å². The van der Waals surface area contributed by atoms with Gasteiger partial charge in [0.15, 0.2) is 0 Å². The molecular formula is C14H28N4O. The van der Waals surface area contributed by atoms with Gasteiger partial charge in [0.2, 0.25) is 5.91 Å². The molecule has 2 heterocycles. The topological polar surface area (TPSA) is 38.8 Å². The molecule has 0 saturated carbocycles. The van der Waals surface area contributed by atoms with Crippen molar-refractivity contribution in [3.63, 3.8) is 0 Å². The van der Waals surface area contributed by atoms with Gasteiger partial charge in [-0.25, -0.2) is 0 Å². The zero-order valence-electron chi connectivity index (χ0n) is 12.6. The third-order valence-corrected chi connectivity index (χ3v) is 4.39. The fraction of sp³-hybridized carbons (Fsp3) is 0.929. The molecule has 19 heavy (non-hydrogen) atoms. The van der Waals surface area contributed by atoms with E-state index in [4.69, 9.17) is 0 Å². The summed E-state index contributed by atoms with van der Waals surface area (Å²) >= 11 is 0. The predicted octanol–water partition coefficient (Wildman–Crippen LogP) is -0.310. The molecular weight excluding hydrogens is 240 g/mol. The number of hydrogen-bond donors (Lipinski definition) is 1. The molecule has 0 aromatic carbocycles. The molecule has 2 aliphatic rings. The Kier molecular flexibility index (Phi) is 5.19. The minimum atomic E-state index is 0.202. The number of hydrogen-bond acceptors (Lipinski definition) is 4. The molecule has 0 radical (unpaired) electrons. The summed E-state index contributed by atoms with van der Waals surface area (Å²) in [6, 6.07) is 0.347. The highest BCUT2D eigenvalue weighted by Gasteiger charge is 2.33. The van der Waals surface area contributed by atoms with E-state index in [-0.39, 0.29) is 5.92 Å². The molecule has 110 valence electrons. The highest BCUT2D eigenvalue weighted by atomic mass is 16.2. The average molecular weight is 268 g/mol. The van der Waals surface area contributed by atoms with Crippen LogP contribution < -0.4 is 5.32 Å². The average Bonchev–Trinajstić information content (AvgIpc) is 2.82. The van der Waals surface area contributed by atoms with E-state index in [2.05, 4.69) is 41.0 Å². The lowest BCUT2D eigenvalue weighted by Crippen LogP contribution is -2.52. The van der Waals surface area contributed by atoms with Gasteiger partial charge in [0.05, 0.1) is 5.92 Å². The van der Waals surface area contributed by atoms with Crippen LogP contribution in [-0.2, 0) is 4.79 Å². The molecule has 2 rings (SSSR count). The number of likely N-dealkylation sites (N-methyl/N-ethyl adjacent to an activating group) is 1. The van der Waals surface area contributed by atoms with E-state index < -0.39 is 0 Å². The summed E-state index contributed by atoms with van der Waals surface area (Å²) in [4.78, 5) is 19.2. The van der Waals surface area contributed by atoms with E-state index in [0.717, 1.165) is 52.2 Å². The maximum Gasteiger partial charge on any atom is 0.227 e. The summed E-state index contributed by atoms with van der Waals surface area (Å²) in [7, 11) is 4.21. The summed E-state index contributed by atoms with van der Waals surface area (Å²) in [5.74, 6) is 0.568. The molecule has 5 nitrogen and oxygen atoms in total. The Bertz CT molecular complexity index is 300. The Labute approximate surface area is 116 Å². The second kappa shape index (κ2) is 6.68. The standard InChI is InChI=1S/C14H28N4O/c1-12-13(4-5-15-12)14(19)18-10-8-17(9-11-18)7-6-16(2)3/h12-13,15H,4-11H2,1-3H3. The number of piperazine rings is 1. The van der Waals surface area contributed by atoms with E-state index in [1.807, 2.05) is 0 Å². The third-order valence-electron chi connectivity index (χ3n) is 4.39. The Morgan fingerprint density at radius 2 is 1.95 bits per heavy atom. The highest BCUT2D eigenvalue weighted by molar-refractivity contribution is 5.80. The van der Waals surface area contributed by atoms with Crippen LogP contribution in [0, 0.1) is 5.92 Å². The third kappa shape index (κ3) is 3.91. The number of amides is 1. The lowest BCUT2D eigenvalue weighted by molar-refractivity contribution is -0.137. The van der Waals surface area contributed by atoms with Gasteiger partial charge in [0, 0.05) is 45.3 Å². The first-order valence-electron chi connectivity index (χ1n) is 7.47. The minimum Gasteiger partial charge on any atom is -0.340 e.